The molecule has 0 aliphatic carbocycles. The van der Waals surface area contributed by atoms with Gasteiger partial charge >= 0.3 is 8.24 Å². The smallest absolute Gasteiger partial charge is 0.336 e. The third kappa shape index (κ3) is 3.82. The molecule has 0 saturated heterocycles. The Bertz CT molecular complexity index is 54.3. The van der Waals surface area contributed by atoms with Crippen LogP contribution >= 0.6 is 0 Å². The van der Waals surface area contributed by atoms with E-state index in [-0.39, 0.29) is 0 Å². The molecule has 0 unspecified atom stereocenters. The molecule has 0 aromatic heterocycles. The second kappa shape index (κ2) is 1.51. The molecule has 0 aromatic carbocycles. The van der Waals surface area contributed by atoms with Gasteiger partial charge in [-0.05, 0) is 19.6 Å². The molecule has 0 saturated carbocycles. The summed E-state index contributed by atoms with van der Waals surface area (Å²) in [4.78, 5) is 0. The first-order valence-corrected chi connectivity index (χ1v) is 5.47. The second-order valence-corrected chi connectivity index (χ2v) is 7.09. The van der Waals surface area contributed by atoms with Crippen molar-refractivity contribution in [2.75, 3.05) is 0 Å². The van der Waals surface area contributed by atoms with Gasteiger partial charge in [-0.25, -0.2) is 0 Å². The predicted octanol–water partition coefficient (Wildman–Crippen LogP) is -0.0765. The van der Waals surface area contributed by atoms with Crippen LogP contribution in [-0.2, 0) is 0 Å². The number of rotatable bonds is 1. The summed E-state index contributed by atoms with van der Waals surface area (Å²) in [6.45, 7) is 6.06. The normalized spacial score (nSPS) is 11.2. The molecule has 1 N–H and O–H groups in total. The minimum Gasteiger partial charge on any atom is -0.534 e. The quantitative estimate of drug-likeness (QED) is 0.355. The first-order chi connectivity index (χ1) is 2.56. The molecule has 6 heavy (non-hydrogen) atoms. The number of hydrogen-bond acceptors (Lipinski definition) is 0. The number of nitrogens with one attached hydrogen (secondary N) is 1. The average Bonchev–Trinajstić information content (AvgIpc) is 1.35. The van der Waals surface area contributed by atoms with Crippen LogP contribution in [0.3, 0.4) is 0 Å². The lowest BCUT2D eigenvalue weighted by atomic mass is 11.8. The van der Waals surface area contributed by atoms with E-state index >= 15 is 0 Å². The van der Waals surface area contributed by atoms with E-state index in [1.165, 1.54) is 0 Å². The van der Waals surface area contributed by atoms with Crippen LogP contribution in [0.2, 0.25) is 19.6 Å². The Morgan fingerprint density at radius 3 is 1.50 bits per heavy atom. The fraction of sp³-hybridized carbons (Fsp3) is 1.00. The summed E-state index contributed by atoms with van der Waals surface area (Å²) in [7, 11) is -1.33. The maximum atomic E-state index is 8.21. The Morgan fingerprint density at radius 1 is 1.33 bits per heavy atom. The molecule has 0 spiro atoms. The molecule has 2 nitrogen and oxygen atoms in total. The van der Waals surface area contributed by atoms with E-state index < -0.39 is 8.24 Å². The Hall–Kier alpha value is -0.183. The van der Waals surface area contributed by atoms with E-state index in [9.17, 15) is 0 Å². The molecule has 0 atom stereocenters. The number of hydrogen-bond donors (Lipinski definition) is 1. The maximum Gasteiger partial charge on any atom is 0.336 e. The van der Waals surface area contributed by atoms with Crippen molar-refractivity contribution in [3.05, 3.63) is 5.53 Å². The molecule has 0 aliphatic rings. The van der Waals surface area contributed by atoms with E-state index in [4.69, 9.17) is 5.53 Å². The van der Waals surface area contributed by atoms with E-state index in [2.05, 4.69) is 4.78 Å². The highest BCUT2D eigenvalue weighted by Gasteiger charge is 2.15. The van der Waals surface area contributed by atoms with Crippen LogP contribution in [0.25, 0.3) is 5.53 Å². The van der Waals surface area contributed by atoms with Gasteiger partial charge in [0.1, 0.15) is 0 Å². The Morgan fingerprint density at radius 2 is 1.50 bits per heavy atom. The van der Waals surface area contributed by atoms with E-state index in [0.717, 1.165) is 0 Å². The van der Waals surface area contributed by atoms with Crippen molar-refractivity contribution in [2.45, 2.75) is 19.6 Å². The monoisotopic (exact) mass is 102 g/mol. The van der Waals surface area contributed by atoms with Gasteiger partial charge in [-0.2, -0.15) is 0 Å². The third-order valence-corrected chi connectivity index (χ3v) is 1.01. The summed E-state index contributed by atoms with van der Waals surface area (Å²) >= 11 is 0. The van der Waals surface area contributed by atoms with Gasteiger partial charge in [0.15, 0.2) is 0 Å². The van der Waals surface area contributed by atoms with Crippen molar-refractivity contribution in [1.82, 2.24) is 0 Å². The minimum atomic E-state index is -1.33. The van der Waals surface area contributed by atoms with Crippen molar-refractivity contribution < 1.29 is 4.78 Å². The zero-order valence-corrected chi connectivity index (χ0v) is 5.45. The van der Waals surface area contributed by atoms with Crippen LogP contribution in [0.5, 0.6) is 0 Å². The van der Waals surface area contributed by atoms with Gasteiger partial charge in [0.25, 0.3) is 0 Å². The first-order valence-electron chi connectivity index (χ1n) is 1.97. The van der Waals surface area contributed by atoms with Crippen molar-refractivity contribution >= 4 is 8.24 Å². The fourth-order valence-corrected chi connectivity index (χ4v) is 0. The SMILES string of the molecule is C[Si](C)(C)[NH+]=[N-]. The van der Waals surface area contributed by atoms with Crippen molar-refractivity contribution in [1.29, 1.82) is 0 Å². The van der Waals surface area contributed by atoms with Crippen LogP contribution < -0.4 is 4.78 Å². The zero-order valence-electron chi connectivity index (χ0n) is 4.45. The second-order valence-electron chi connectivity index (χ2n) is 2.36. The van der Waals surface area contributed by atoms with E-state index in [1.807, 2.05) is 19.6 Å². The fourth-order valence-electron chi connectivity index (χ4n) is 0. The molecule has 0 bridgehead atoms. The molecule has 0 aliphatic heterocycles. The van der Waals surface area contributed by atoms with Crippen LogP contribution in [0, 0.1) is 0 Å². The molecule has 3 heteroatoms. The summed E-state index contributed by atoms with van der Waals surface area (Å²) in [6.07, 6.45) is 0. The molecule has 0 heterocycles. The van der Waals surface area contributed by atoms with E-state index in [0.29, 0.717) is 0 Å². The summed E-state index contributed by atoms with van der Waals surface area (Å²) < 4.78 is 2.24. The summed E-state index contributed by atoms with van der Waals surface area (Å²) in [6, 6.07) is 0. The van der Waals surface area contributed by atoms with Gasteiger partial charge in [-0.15, -0.1) is 0 Å². The van der Waals surface area contributed by atoms with E-state index in [1.54, 1.807) is 0 Å². The lowest BCUT2D eigenvalue weighted by Gasteiger charge is -1.99. The van der Waals surface area contributed by atoms with Crippen LogP contribution in [0.15, 0.2) is 0 Å². The van der Waals surface area contributed by atoms with Crippen molar-refractivity contribution in [3.63, 3.8) is 0 Å². The van der Waals surface area contributed by atoms with Gasteiger partial charge in [-0.3, -0.25) is 0 Å². The predicted molar refractivity (Wildman–Crippen MR) is 27.7 cm³/mol. The molecule has 0 fully saturated rings. The minimum absolute atomic E-state index is 1.33. The van der Waals surface area contributed by atoms with Gasteiger partial charge in [-0.1, -0.05) is 0 Å². The third-order valence-electron chi connectivity index (χ3n) is 0.335. The number of nitrogens with zero attached hydrogens (tertiary/aromatic N) is 1. The molecule has 36 valence electrons. The molecular formula is C3H10N2Si. The largest absolute Gasteiger partial charge is 0.534 e. The van der Waals surface area contributed by atoms with Gasteiger partial charge in [0.05, 0.1) is 0 Å². The Labute approximate surface area is 39.2 Å². The lowest BCUT2D eigenvalue weighted by molar-refractivity contribution is -0.331. The highest BCUT2D eigenvalue weighted by molar-refractivity contribution is 6.66. The molecule has 0 radical (unpaired) electrons. The van der Waals surface area contributed by atoms with Gasteiger partial charge in [0, 0.05) is 0 Å². The Balaban J connectivity index is 3.45. The lowest BCUT2D eigenvalue weighted by Crippen LogP contribution is -2.81. The van der Waals surface area contributed by atoms with Crippen LogP contribution in [0.4, 0.5) is 0 Å². The van der Waals surface area contributed by atoms with Gasteiger partial charge < -0.3 is 10.3 Å². The summed E-state index contributed by atoms with van der Waals surface area (Å²) in [5, 5.41) is 0. The van der Waals surface area contributed by atoms with Crippen molar-refractivity contribution in [2.24, 2.45) is 0 Å². The average molecular weight is 102 g/mol. The highest BCUT2D eigenvalue weighted by Crippen LogP contribution is 1.80. The van der Waals surface area contributed by atoms with Crippen LogP contribution in [-0.4, -0.2) is 8.24 Å². The maximum absolute atomic E-state index is 8.21. The summed E-state index contributed by atoms with van der Waals surface area (Å²) in [5.41, 5.74) is 8.21. The highest BCUT2D eigenvalue weighted by atomic mass is 28.3. The standard InChI is InChI=1S/C3H10N2Si/c1-6(2,3)5-4/h5H,1-3H3. The zero-order chi connectivity index (χ0) is 5.21. The molecular weight excluding hydrogens is 92.1 g/mol. The van der Waals surface area contributed by atoms with Crippen molar-refractivity contribution in [3.8, 4) is 0 Å². The van der Waals surface area contributed by atoms with Crippen LogP contribution in [0.1, 0.15) is 0 Å². The Kier molecular flexibility index (Phi) is 1.46. The van der Waals surface area contributed by atoms with Gasteiger partial charge in [0.2, 0.25) is 0 Å². The summed E-state index contributed by atoms with van der Waals surface area (Å²) in [5.74, 6) is 0. The first kappa shape index (κ1) is 5.82. The molecule has 0 aromatic rings. The molecule has 0 rings (SSSR count). The molecule has 0 amide bonds. The topological polar surface area (TPSA) is 36.3 Å².